The van der Waals surface area contributed by atoms with Gasteiger partial charge in [0, 0.05) is 10.0 Å². The molecule has 1 amide bonds. The van der Waals surface area contributed by atoms with Crippen molar-refractivity contribution in [3.05, 3.63) is 74.7 Å². The molecule has 2 heterocycles. The molecule has 3 aromatic rings. The smallest absolute Gasteiger partial charge is 0.257 e. The Morgan fingerprint density at radius 3 is 2.66 bits per heavy atom. The minimum Gasteiger partial charge on any atom is -0.454 e. The average Bonchev–Trinajstić information content (AvgIpc) is 3.32. The van der Waals surface area contributed by atoms with Crippen molar-refractivity contribution in [2.45, 2.75) is 6.92 Å². The molecule has 0 radical (unpaired) electrons. The number of halogens is 1. The molecule has 0 fully saturated rings. The number of rotatable bonds is 5. The van der Waals surface area contributed by atoms with Crippen LogP contribution >= 0.6 is 27.3 Å². The Labute approximate surface area is 179 Å². The van der Waals surface area contributed by atoms with Gasteiger partial charge in [0.1, 0.15) is 0 Å². The zero-order valence-electron chi connectivity index (χ0n) is 15.3. The number of hydrogen-bond donors (Lipinski definition) is 1. The second-order valence-electron chi connectivity index (χ2n) is 6.18. The van der Waals surface area contributed by atoms with Crippen LogP contribution in [0.5, 0.6) is 11.5 Å². The summed E-state index contributed by atoms with van der Waals surface area (Å²) in [5.74, 6) is 0.848. The second kappa shape index (κ2) is 8.18. The van der Waals surface area contributed by atoms with Gasteiger partial charge in [-0.25, -0.2) is 4.98 Å². The number of benzene rings is 2. The number of nitrogens with one attached hydrogen (secondary N) is 1. The molecular formula is C21H15BrN2O4S. The van der Waals surface area contributed by atoms with E-state index >= 15 is 0 Å². The van der Waals surface area contributed by atoms with Crippen molar-refractivity contribution in [1.82, 2.24) is 4.98 Å². The lowest BCUT2D eigenvalue weighted by Gasteiger charge is -2.01. The predicted molar refractivity (Wildman–Crippen MR) is 115 cm³/mol. The van der Waals surface area contributed by atoms with Gasteiger partial charge in [0.05, 0.1) is 10.6 Å². The van der Waals surface area contributed by atoms with Gasteiger partial charge in [0.2, 0.25) is 6.79 Å². The maximum Gasteiger partial charge on any atom is 0.257 e. The third-order valence-corrected chi connectivity index (χ3v) is 5.96. The summed E-state index contributed by atoms with van der Waals surface area (Å²) in [5, 5.41) is 3.13. The van der Waals surface area contributed by atoms with E-state index in [1.54, 1.807) is 43.3 Å². The van der Waals surface area contributed by atoms with Crippen molar-refractivity contribution < 1.29 is 19.1 Å². The van der Waals surface area contributed by atoms with Crippen LogP contribution in [0.1, 0.15) is 31.3 Å². The van der Waals surface area contributed by atoms with Crippen molar-refractivity contribution in [2.75, 3.05) is 12.1 Å². The van der Waals surface area contributed by atoms with Crippen LogP contribution < -0.4 is 14.8 Å². The lowest BCUT2D eigenvalue weighted by atomic mass is 10.1. The maximum atomic E-state index is 12.7. The van der Waals surface area contributed by atoms with Crippen LogP contribution in [0.25, 0.3) is 6.08 Å². The number of ether oxygens (including phenoxy) is 2. The minimum absolute atomic E-state index is 0.186. The Kier molecular flexibility index (Phi) is 5.46. The molecule has 8 heteroatoms. The molecule has 29 heavy (non-hydrogen) atoms. The molecule has 0 bridgehead atoms. The van der Waals surface area contributed by atoms with Gasteiger partial charge in [0.15, 0.2) is 22.4 Å². The van der Waals surface area contributed by atoms with E-state index < -0.39 is 0 Å². The number of aromatic nitrogens is 1. The number of allylic oxidation sites excluding steroid dienone is 1. The Morgan fingerprint density at radius 1 is 1.17 bits per heavy atom. The number of nitrogens with zero attached hydrogens (tertiary/aromatic N) is 1. The highest BCUT2D eigenvalue weighted by Gasteiger charge is 2.17. The van der Waals surface area contributed by atoms with Gasteiger partial charge >= 0.3 is 0 Å². The van der Waals surface area contributed by atoms with Crippen molar-refractivity contribution in [3.63, 3.8) is 0 Å². The van der Waals surface area contributed by atoms with E-state index in [1.165, 1.54) is 6.08 Å². The summed E-state index contributed by atoms with van der Waals surface area (Å²) in [6, 6.07) is 12.5. The quantitative estimate of drug-likeness (QED) is 0.414. The zero-order chi connectivity index (χ0) is 20.4. The topological polar surface area (TPSA) is 77.5 Å². The predicted octanol–water partition coefficient (Wildman–Crippen LogP) is 5.09. The normalized spacial score (nSPS) is 12.3. The number of amides is 1. The molecule has 0 atom stereocenters. The lowest BCUT2D eigenvalue weighted by Crippen LogP contribution is -2.11. The Morgan fingerprint density at radius 2 is 1.90 bits per heavy atom. The van der Waals surface area contributed by atoms with Gasteiger partial charge in [0.25, 0.3) is 5.91 Å². The first-order valence-corrected chi connectivity index (χ1v) is 10.3. The molecule has 6 nitrogen and oxygen atoms in total. The van der Waals surface area contributed by atoms with Crippen LogP contribution in [0.2, 0.25) is 0 Å². The van der Waals surface area contributed by atoms with Crippen LogP contribution in [0.4, 0.5) is 5.13 Å². The second-order valence-corrected chi connectivity index (χ2v) is 8.03. The van der Waals surface area contributed by atoms with E-state index in [4.69, 9.17) is 9.47 Å². The molecule has 1 aromatic heterocycles. The van der Waals surface area contributed by atoms with Crippen molar-refractivity contribution in [1.29, 1.82) is 0 Å². The molecule has 1 aliphatic rings. The number of anilines is 1. The van der Waals surface area contributed by atoms with Crippen molar-refractivity contribution >= 4 is 50.2 Å². The fourth-order valence-electron chi connectivity index (χ4n) is 2.74. The van der Waals surface area contributed by atoms with Crippen molar-refractivity contribution in [2.24, 2.45) is 0 Å². The Balaban J connectivity index is 1.50. The molecule has 0 saturated heterocycles. The van der Waals surface area contributed by atoms with Gasteiger partial charge < -0.3 is 9.47 Å². The number of fused-ring (bicyclic) bond motifs is 1. The van der Waals surface area contributed by atoms with Crippen LogP contribution in [0.3, 0.4) is 0 Å². The molecular weight excluding hydrogens is 456 g/mol. The van der Waals surface area contributed by atoms with Crippen LogP contribution in [-0.2, 0) is 0 Å². The SMILES string of the molecule is Cc1nc(NC(=O)c2ccccc2)sc1C(=O)/C=C/c1cc2c(cc1Br)OCO2. The number of carbonyl (C=O) groups is 2. The molecule has 1 aliphatic heterocycles. The standard InChI is InChI=1S/C21H15BrN2O4S/c1-12-19(29-21(23-12)24-20(26)13-5-3-2-4-6-13)16(25)8-7-14-9-17-18(10-15(14)22)28-11-27-17/h2-10H,11H2,1H3,(H,23,24,26)/b8-7+. The van der Waals surface area contributed by atoms with Gasteiger partial charge in [-0.3, -0.25) is 14.9 Å². The van der Waals surface area contributed by atoms with E-state index in [0.717, 1.165) is 21.4 Å². The highest BCUT2D eigenvalue weighted by atomic mass is 79.9. The average molecular weight is 471 g/mol. The number of ketones is 1. The minimum atomic E-state index is -0.266. The summed E-state index contributed by atoms with van der Waals surface area (Å²) in [4.78, 5) is 29.7. The fraction of sp³-hybridized carbons (Fsp3) is 0.0952. The van der Waals surface area contributed by atoms with Crippen LogP contribution in [0, 0.1) is 6.92 Å². The molecule has 0 spiro atoms. The summed E-state index contributed by atoms with van der Waals surface area (Å²) < 4.78 is 11.5. The van der Waals surface area contributed by atoms with E-state index in [2.05, 4.69) is 26.2 Å². The molecule has 1 N–H and O–H groups in total. The Bertz CT molecular complexity index is 1130. The summed E-state index contributed by atoms with van der Waals surface area (Å²) in [7, 11) is 0. The maximum absolute atomic E-state index is 12.7. The molecule has 0 saturated carbocycles. The van der Waals surface area contributed by atoms with Crippen molar-refractivity contribution in [3.8, 4) is 11.5 Å². The largest absolute Gasteiger partial charge is 0.454 e. The monoisotopic (exact) mass is 470 g/mol. The summed E-state index contributed by atoms with van der Waals surface area (Å²) in [6.07, 6.45) is 3.18. The van der Waals surface area contributed by atoms with Crippen LogP contribution in [-0.4, -0.2) is 23.5 Å². The summed E-state index contributed by atoms with van der Waals surface area (Å²) >= 11 is 4.62. The number of hydrogen-bond acceptors (Lipinski definition) is 6. The molecule has 2 aromatic carbocycles. The first-order valence-electron chi connectivity index (χ1n) is 8.66. The highest BCUT2D eigenvalue weighted by Crippen LogP contribution is 2.37. The zero-order valence-corrected chi connectivity index (χ0v) is 17.7. The van der Waals surface area contributed by atoms with E-state index in [1.807, 2.05) is 12.1 Å². The van der Waals surface area contributed by atoms with E-state index in [9.17, 15) is 9.59 Å². The number of carbonyl (C=O) groups excluding carboxylic acids is 2. The summed E-state index contributed by atoms with van der Waals surface area (Å²) in [5.41, 5.74) is 1.89. The lowest BCUT2D eigenvalue weighted by molar-refractivity contribution is 0.102. The fourth-order valence-corrected chi connectivity index (χ4v) is 4.08. The molecule has 0 aliphatic carbocycles. The number of aryl methyl sites for hydroxylation is 1. The first kappa shape index (κ1) is 19.4. The summed E-state index contributed by atoms with van der Waals surface area (Å²) in [6.45, 7) is 1.93. The first-order chi connectivity index (χ1) is 14.0. The van der Waals surface area contributed by atoms with Gasteiger partial charge in [-0.15, -0.1) is 0 Å². The van der Waals surface area contributed by atoms with Gasteiger partial charge in [-0.05, 0) is 48.9 Å². The third kappa shape index (κ3) is 4.23. The van der Waals surface area contributed by atoms with Crippen LogP contribution in [0.15, 0.2) is 53.0 Å². The third-order valence-electron chi connectivity index (χ3n) is 4.18. The van der Waals surface area contributed by atoms with E-state index in [-0.39, 0.29) is 18.5 Å². The molecule has 146 valence electrons. The van der Waals surface area contributed by atoms with Gasteiger partial charge in [-0.1, -0.05) is 45.5 Å². The Hall–Kier alpha value is -2.97. The van der Waals surface area contributed by atoms with Gasteiger partial charge in [-0.2, -0.15) is 0 Å². The molecule has 4 rings (SSSR count). The number of thiazole rings is 1. The molecule has 0 unspecified atom stereocenters. The van der Waals surface area contributed by atoms with E-state index in [0.29, 0.717) is 32.8 Å². The highest BCUT2D eigenvalue weighted by molar-refractivity contribution is 9.10.